The van der Waals surface area contributed by atoms with Crippen LogP contribution in [0.25, 0.3) is 10.2 Å². The number of carbonyl (C=O) groups is 1. The van der Waals surface area contributed by atoms with Gasteiger partial charge in [-0.2, -0.15) is 0 Å². The van der Waals surface area contributed by atoms with E-state index < -0.39 is 4.75 Å². The number of esters is 1. The number of para-hydroxylation sites is 1. The molecule has 0 spiro atoms. The Hall–Kier alpha value is -2.63. The van der Waals surface area contributed by atoms with Gasteiger partial charge in [-0.3, -0.25) is 4.79 Å². The minimum Gasteiger partial charge on any atom is -0.460 e. The molecule has 0 radical (unpaired) electrons. The van der Waals surface area contributed by atoms with Crippen LogP contribution in [0.5, 0.6) is 0 Å². The number of hydrogen-bond donors (Lipinski definition) is 0. The Balaban J connectivity index is 1.63. The van der Waals surface area contributed by atoms with Gasteiger partial charge in [-0.25, -0.2) is 4.98 Å². The van der Waals surface area contributed by atoms with E-state index in [1.165, 1.54) is 11.8 Å². The van der Waals surface area contributed by atoms with Crippen molar-refractivity contribution in [1.29, 1.82) is 0 Å². The van der Waals surface area contributed by atoms with Crippen molar-refractivity contribution in [2.24, 2.45) is 0 Å². The Morgan fingerprint density at radius 1 is 0.964 bits per heavy atom. The highest BCUT2D eigenvalue weighted by Crippen LogP contribution is 2.44. The van der Waals surface area contributed by atoms with Gasteiger partial charge in [0.05, 0.1) is 10.2 Å². The highest BCUT2D eigenvalue weighted by Gasteiger charge is 2.39. The van der Waals surface area contributed by atoms with Crippen molar-refractivity contribution in [1.82, 2.24) is 4.98 Å². The molecule has 0 aliphatic carbocycles. The fourth-order valence-electron chi connectivity index (χ4n) is 2.90. The fraction of sp³-hybridized carbons (Fsp3) is 0.130. The largest absolute Gasteiger partial charge is 0.460 e. The summed E-state index contributed by atoms with van der Waals surface area (Å²) in [4.78, 5) is 17.9. The molecule has 0 aliphatic heterocycles. The number of aromatic nitrogens is 1. The lowest BCUT2D eigenvalue weighted by molar-refractivity contribution is -0.147. The smallest absolute Gasteiger partial charge is 0.327 e. The second-order valence-electron chi connectivity index (χ2n) is 6.51. The molecule has 4 rings (SSSR count). The predicted molar refractivity (Wildman–Crippen MR) is 116 cm³/mol. The monoisotopic (exact) mass is 405 g/mol. The van der Waals surface area contributed by atoms with E-state index in [2.05, 4.69) is 0 Å². The molecule has 28 heavy (non-hydrogen) atoms. The number of hydrogen-bond acceptors (Lipinski definition) is 5. The standard InChI is InChI=1S/C23H19NO2S2/c1-23(18-12-6-3-7-13-18,21(25)26-16-17-10-4-2-5-11-17)28-22-24-19-14-8-9-15-20(19)27-22/h2-15H,16H2,1H3/t23-/m1/s1. The van der Waals surface area contributed by atoms with Crippen LogP contribution in [0, 0.1) is 0 Å². The van der Waals surface area contributed by atoms with E-state index in [4.69, 9.17) is 9.72 Å². The maximum Gasteiger partial charge on any atom is 0.327 e. The van der Waals surface area contributed by atoms with Gasteiger partial charge in [0.1, 0.15) is 11.4 Å². The molecule has 0 aliphatic rings. The van der Waals surface area contributed by atoms with Crippen molar-refractivity contribution in [3.63, 3.8) is 0 Å². The molecule has 3 aromatic carbocycles. The summed E-state index contributed by atoms with van der Waals surface area (Å²) in [6.45, 7) is 2.16. The minimum atomic E-state index is -0.885. The third kappa shape index (κ3) is 3.96. The van der Waals surface area contributed by atoms with Gasteiger partial charge >= 0.3 is 5.97 Å². The molecule has 1 heterocycles. The molecule has 0 unspecified atom stereocenters. The molecular formula is C23H19NO2S2. The van der Waals surface area contributed by atoms with E-state index >= 15 is 0 Å². The maximum absolute atomic E-state index is 13.2. The average Bonchev–Trinajstić information content (AvgIpc) is 3.15. The quantitative estimate of drug-likeness (QED) is 0.289. The molecule has 4 aromatic rings. The van der Waals surface area contributed by atoms with Gasteiger partial charge in [-0.05, 0) is 30.2 Å². The topological polar surface area (TPSA) is 39.2 Å². The van der Waals surface area contributed by atoms with Gasteiger partial charge in [0.2, 0.25) is 0 Å². The summed E-state index contributed by atoms with van der Waals surface area (Å²) in [5.41, 5.74) is 2.82. The number of benzene rings is 3. The van der Waals surface area contributed by atoms with Crippen LogP contribution in [-0.2, 0) is 20.9 Å². The molecule has 5 heteroatoms. The molecule has 140 valence electrons. The van der Waals surface area contributed by atoms with Crippen LogP contribution in [0.4, 0.5) is 0 Å². The molecular weight excluding hydrogens is 386 g/mol. The zero-order valence-electron chi connectivity index (χ0n) is 15.4. The average molecular weight is 406 g/mol. The van der Waals surface area contributed by atoms with E-state index in [9.17, 15) is 4.79 Å². The predicted octanol–water partition coefficient (Wildman–Crippen LogP) is 6.05. The maximum atomic E-state index is 13.2. The molecule has 0 bridgehead atoms. The number of thiazole rings is 1. The lowest BCUT2D eigenvalue weighted by atomic mass is 10.0. The summed E-state index contributed by atoms with van der Waals surface area (Å²) >= 11 is 3.04. The number of rotatable bonds is 6. The van der Waals surface area contributed by atoms with Crippen molar-refractivity contribution < 1.29 is 9.53 Å². The highest BCUT2D eigenvalue weighted by molar-refractivity contribution is 8.02. The normalized spacial score (nSPS) is 13.2. The molecule has 0 fully saturated rings. The first kappa shape index (κ1) is 18.7. The lowest BCUT2D eigenvalue weighted by Crippen LogP contribution is -2.31. The SMILES string of the molecule is C[C@](Sc1nc2ccccc2s1)(C(=O)OCc1ccccc1)c1ccccc1. The molecule has 1 aromatic heterocycles. The van der Waals surface area contributed by atoms with E-state index in [0.29, 0.717) is 0 Å². The highest BCUT2D eigenvalue weighted by atomic mass is 32.2. The first-order valence-corrected chi connectivity index (χ1v) is 10.6. The van der Waals surface area contributed by atoms with Crippen molar-refractivity contribution in [2.75, 3.05) is 0 Å². The summed E-state index contributed by atoms with van der Waals surface area (Å²) < 4.78 is 6.79. The third-order valence-corrected chi connectivity index (χ3v) is 6.90. The lowest BCUT2D eigenvalue weighted by Gasteiger charge is -2.26. The molecule has 0 N–H and O–H groups in total. The third-order valence-electron chi connectivity index (χ3n) is 4.49. The van der Waals surface area contributed by atoms with Crippen LogP contribution in [-0.4, -0.2) is 11.0 Å². The van der Waals surface area contributed by atoms with Crippen molar-refractivity contribution in [3.8, 4) is 0 Å². The van der Waals surface area contributed by atoms with Crippen LogP contribution in [0.1, 0.15) is 18.1 Å². The Morgan fingerprint density at radius 2 is 1.61 bits per heavy atom. The van der Waals surface area contributed by atoms with Crippen molar-refractivity contribution in [3.05, 3.63) is 96.1 Å². The fourth-order valence-corrected chi connectivity index (χ4v) is 5.43. The van der Waals surface area contributed by atoms with Gasteiger partial charge in [0.25, 0.3) is 0 Å². The first-order chi connectivity index (χ1) is 13.6. The first-order valence-electron chi connectivity index (χ1n) is 8.96. The van der Waals surface area contributed by atoms with Gasteiger partial charge in [-0.1, -0.05) is 84.6 Å². The van der Waals surface area contributed by atoms with Crippen molar-refractivity contribution >= 4 is 39.3 Å². The Labute approximate surface area is 172 Å². The molecule has 3 nitrogen and oxygen atoms in total. The van der Waals surface area contributed by atoms with Crippen LogP contribution < -0.4 is 0 Å². The van der Waals surface area contributed by atoms with Crippen LogP contribution in [0.3, 0.4) is 0 Å². The molecule has 0 saturated heterocycles. The van der Waals surface area contributed by atoms with Gasteiger partial charge in [0, 0.05) is 0 Å². The summed E-state index contributed by atoms with van der Waals surface area (Å²) in [5, 5.41) is 0. The van der Waals surface area contributed by atoms with E-state index in [0.717, 1.165) is 25.7 Å². The summed E-state index contributed by atoms with van der Waals surface area (Å²) in [7, 11) is 0. The summed E-state index contributed by atoms with van der Waals surface area (Å²) in [6.07, 6.45) is 0. The second-order valence-corrected chi connectivity index (χ2v) is 9.21. The molecule has 0 amide bonds. The number of fused-ring (bicyclic) bond motifs is 1. The summed E-state index contributed by atoms with van der Waals surface area (Å²) in [5.74, 6) is -0.271. The van der Waals surface area contributed by atoms with Gasteiger partial charge < -0.3 is 4.74 Å². The Morgan fingerprint density at radius 3 is 2.32 bits per heavy atom. The van der Waals surface area contributed by atoms with Crippen LogP contribution in [0.2, 0.25) is 0 Å². The van der Waals surface area contributed by atoms with E-state index in [-0.39, 0.29) is 12.6 Å². The zero-order chi connectivity index (χ0) is 19.4. The van der Waals surface area contributed by atoms with Gasteiger partial charge in [-0.15, -0.1) is 11.3 Å². The molecule has 0 saturated carbocycles. The van der Waals surface area contributed by atoms with E-state index in [1.807, 2.05) is 91.9 Å². The van der Waals surface area contributed by atoms with Crippen molar-refractivity contribution in [2.45, 2.75) is 22.6 Å². The summed E-state index contributed by atoms with van der Waals surface area (Å²) in [6, 6.07) is 27.5. The van der Waals surface area contributed by atoms with Gasteiger partial charge in [0.15, 0.2) is 4.34 Å². The van der Waals surface area contributed by atoms with Crippen LogP contribution in [0.15, 0.2) is 89.3 Å². The number of nitrogens with zero attached hydrogens (tertiary/aromatic N) is 1. The second kappa shape index (κ2) is 8.17. The number of ether oxygens (including phenoxy) is 1. The molecule has 1 atom stereocenters. The Bertz CT molecular complexity index is 1050. The minimum absolute atomic E-state index is 0.252. The number of carbonyl (C=O) groups excluding carboxylic acids is 1. The number of thioether (sulfide) groups is 1. The Kier molecular flexibility index (Phi) is 5.46. The van der Waals surface area contributed by atoms with E-state index in [1.54, 1.807) is 11.3 Å². The zero-order valence-corrected chi connectivity index (χ0v) is 17.0. The van der Waals surface area contributed by atoms with Crippen LogP contribution >= 0.6 is 23.1 Å².